The van der Waals surface area contributed by atoms with Crippen LogP contribution in [0, 0.1) is 11.3 Å². The number of nitrogens with zero attached hydrogens (tertiary/aromatic N) is 2. The summed E-state index contributed by atoms with van der Waals surface area (Å²) in [5.74, 6) is 0.424. The molecule has 3 aromatic rings. The average molecular weight is 491 g/mol. The number of aromatic nitrogens is 2. The fraction of sp³-hybridized carbons (Fsp3) is 0.440. The van der Waals surface area contributed by atoms with Crippen LogP contribution in [-0.4, -0.2) is 28.9 Å². The number of rotatable bonds is 6. The van der Waals surface area contributed by atoms with Gasteiger partial charge in [-0.3, -0.25) is 4.79 Å². The zero-order valence-electron chi connectivity index (χ0n) is 20.1. The molecule has 0 radical (unpaired) electrons. The molecule has 10 heteroatoms. The van der Waals surface area contributed by atoms with E-state index in [0.29, 0.717) is 28.8 Å². The van der Waals surface area contributed by atoms with Crippen molar-refractivity contribution < 1.29 is 27.4 Å². The summed E-state index contributed by atoms with van der Waals surface area (Å²) in [6.07, 6.45) is -1.81. The van der Waals surface area contributed by atoms with E-state index in [0.717, 1.165) is 24.8 Å². The molecular weight excluding hydrogens is 461 g/mol. The van der Waals surface area contributed by atoms with Crippen molar-refractivity contribution in [2.75, 3.05) is 12.4 Å². The summed E-state index contributed by atoms with van der Waals surface area (Å²) in [7, 11) is 1.48. The van der Waals surface area contributed by atoms with Gasteiger partial charge in [0.1, 0.15) is 11.5 Å². The van der Waals surface area contributed by atoms with E-state index in [1.165, 1.54) is 31.4 Å². The monoisotopic (exact) mass is 490 g/mol. The normalized spacial score (nSPS) is 20.0. The molecule has 2 aromatic carbocycles. The van der Waals surface area contributed by atoms with E-state index in [1.807, 2.05) is 0 Å². The Hall–Kier alpha value is -3.43. The van der Waals surface area contributed by atoms with E-state index in [4.69, 9.17) is 15.5 Å². The number of carbonyl (C=O) groups excluding carboxylic acids is 1. The summed E-state index contributed by atoms with van der Waals surface area (Å²) in [6, 6.07) is 8.95. The molecule has 1 saturated carbocycles. The van der Waals surface area contributed by atoms with Gasteiger partial charge in [-0.05, 0) is 60.9 Å². The smallest absolute Gasteiger partial charge is 0.496 e. The Labute approximate surface area is 201 Å². The Morgan fingerprint density at radius 2 is 1.89 bits per heavy atom. The molecule has 1 aliphatic rings. The van der Waals surface area contributed by atoms with Crippen molar-refractivity contribution >= 4 is 28.6 Å². The first-order valence-electron chi connectivity index (χ1n) is 11.4. The summed E-state index contributed by atoms with van der Waals surface area (Å²) in [5, 5.41) is 3.24. The average Bonchev–Trinajstić information content (AvgIpc) is 3.08. The number of benzene rings is 2. The van der Waals surface area contributed by atoms with Crippen molar-refractivity contribution in [3.8, 4) is 11.5 Å². The molecule has 7 nitrogen and oxygen atoms in total. The van der Waals surface area contributed by atoms with Gasteiger partial charge in [-0.2, -0.15) is 0 Å². The number of anilines is 2. The SMILES string of the molecule is COc1cc2c(cc1C(N)=O)nc(Nc1ccc(OC(F)(F)F)cc1)n2[C@H]1C[C@@H](C)CC(C)(C)C1. The zero-order valence-corrected chi connectivity index (χ0v) is 20.1. The molecule has 0 unspecified atom stereocenters. The fourth-order valence-electron chi connectivity index (χ4n) is 5.30. The summed E-state index contributed by atoms with van der Waals surface area (Å²) < 4.78 is 49.0. The number of amides is 1. The van der Waals surface area contributed by atoms with Gasteiger partial charge in [0.25, 0.3) is 5.91 Å². The number of ether oxygens (including phenoxy) is 2. The summed E-state index contributed by atoms with van der Waals surface area (Å²) in [5.41, 5.74) is 7.77. The van der Waals surface area contributed by atoms with Crippen LogP contribution in [0.15, 0.2) is 36.4 Å². The van der Waals surface area contributed by atoms with Crippen LogP contribution in [0.2, 0.25) is 0 Å². The standard InChI is InChI=1S/C25H29F3N4O3/c1-14-9-16(13-24(2,3)12-14)32-20-11-21(34-4)18(22(29)33)10-19(20)31-23(32)30-15-5-7-17(8-6-15)35-25(26,27)28/h5-8,10-11,14,16H,9,12-13H2,1-4H3,(H2,29,33)(H,30,31)/t14-,16+/m1/s1. The van der Waals surface area contributed by atoms with E-state index in [1.54, 1.807) is 12.1 Å². The van der Waals surface area contributed by atoms with Crippen LogP contribution in [-0.2, 0) is 0 Å². The number of alkyl halides is 3. The van der Waals surface area contributed by atoms with Crippen LogP contribution in [0.3, 0.4) is 0 Å². The quantitative estimate of drug-likeness (QED) is 0.431. The van der Waals surface area contributed by atoms with Gasteiger partial charge in [0.15, 0.2) is 0 Å². The highest BCUT2D eigenvalue weighted by molar-refractivity contribution is 6.00. The van der Waals surface area contributed by atoms with Gasteiger partial charge in [-0.25, -0.2) is 4.98 Å². The molecule has 3 N–H and O–H groups in total. The zero-order chi connectivity index (χ0) is 25.5. The molecule has 1 amide bonds. The number of imidazole rings is 1. The Kier molecular flexibility index (Phi) is 6.33. The Bertz CT molecular complexity index is 1240. The van der Waals surface area contributed by atoms with E-state index in [9.17, 15) is 18.0 Å². The molecule has 1 fully saturated rings. The molecule has 0 bridgehead atoms. The largest absolute Gasteiger partial charge is 0.573 e. The van der Waals surface area contributed by atoms with Crippen molar-refractivity contribution in [1.29, 1.82) is 0 Å². The van der Waals surface area contributed by atoms with E-state index >= 15 is 0 Å². The molecule has 1 aromatic heterocycles. The molecule has 188 valence electrons. The number of methoxy groups -OCH3 is 1. The van der Waals surface area contributed by atoms with E-state index < -0.39 is 12.3 Å². The number of fused-ring (bicyclic) bond motifs is 1. The topological polar surface area (TPSA) is 91.4 Å². The number of hydrogen-bond acceptors (Lipinski definition) is 5. The van der Waals surface area contributed by atoms with Crippen molar-refractivity contribution in [3.05, 3.63) is 42.0 Å². The highest BCUT2D eigenvalue weighted by Crippen LogP contribution is 2.46. The number of nitrogens with two attached hydrogens (primary N) is 1. The number of halogens is 3. The second kappa shape index (κ2) is 8.98. The lowest BCUT2D eigenvalue weighted by molar-refractivity contribution is -0.274. The Morgan fingerprint density at radius 3 is 2.46 bits per heavy atom. The highest BCUT2D eigenvalue weighted by Gasteiger charge is 2.35. The summed E-state index contributed by atoms with van der Waals surface area (Å²) in [6.45, 7) is 6.71. The van der Waals surface area contributed by atoms with Crippen LogP contribution >= 0.6 is 0 Å². The Morgan fingerprint density at radius 1 is 1.20 bits per heavy atom. The maximum Gasteiger partial charge on any atom is 0.573 e. The fourth-order valence-corrected chi connectivity index (χ4v) is 5.30. The second-order valence-corrected chi connectivity index (χ2v) is 9.98. The minimum Gasteiger partial charge on any atom is -0.496 e. The molecular formula is C25H29F3N4O3. The van der Waals surface area contributed by atoms with Gasteiger partial charge in [-0.15, -0.1) is 13.2 Å². The van der Waals surface area contributed by atoms with Crippen LogP contribution in [0.4, 0.5) is 24.8 Å². The minimum absolute atomic E-state index is 0.109. The van der Waals surface area contributed by atoms with Crippen LogP contribution in [0.25, 0.3) is 11.0 Å². The molecule has 0 saturated heterocycles. The molecule has 4 rings (SSSR count). The summed E-state index contributed by atoms with van der Waals surface area (Å²) >= 11 is 0. The van der Waals surface area contributed by atoms with E-state index in [-0.39, 0.29) is 22.8 Å². The number of hydrogen-bond donors (Lipinski definition) is 2. The number of primary amides is 1. The van der Waals surface area contributed by atoms with Gasteiger partial charge in [0, 0.05) is 17.8 Å². The molecule has 1 aliphatic carbocycles. The van der Waals surface area contributed by atoms with Crippen LogP contribution < -0.4 is 20.5 Å². The van der Waals surface area contributed by atoms with Crippen molar-refractivity contribution in [2.24, 2.45) is 17.1 Å². The summed E-state index contributed by atoms with van der Waals surface area (Å²) in [4.78, 5) is 16.7. The lowest BCUT2D eigenvalue weighted by Crippen LogP contribution is -2.29. The van der Waals surface area contributed by atoms with Crippen molar-refractivity contribution in [3.63, 3.8) is 0 Å². The maximum atomic E-state index is 12.5. The van der Waals surface area contributed by atoms with Crippen LogP contribution in [0.1, 0.15) is 56.4 Å². The van der Waals surface area contributed by atoms with Gasteiger partial charge in [0.05, 0.1) is 23.7 Å². The van der Waals surface area contributed by atoms with Crippen LogP contribution in [0.5, 0.6) is 11.5 Å². The first-order valence-corrected chi connectivity index (χ1v) is 11.4. The predicted molar refractivity (Wildman–Crippen MR) is 127 cm³/mol. The van der Waals surface area contributed by atoms with Crippen molar-refractivity contribution in [2.45, 2.75) is 52.4 Å². The van der Waals surface area contributed by atoms with Crippen molar-refractivity contribution in [1.82, 2.24) is 9.55 Å². The number of carbonyl (C=O) groups is 1. The molecule has 2 atom stereocenters. The molecule has 0 spiro atoms. The Balaban J connectivity index is 1.79. The first-order chi connectivity index (χ1) is 16.3. The van der Waals surface area contributed by atoms with Gasteiger partial charge in [-0.1, -0.05) is 20.8 Å². The minimum atomic E-state index is -4.76. The third-order valence-electron chi connectivity index (χ3n) is 6.35. The van der Waals surface area contributed by atoms with E-state index in [2.05, 4.69) is 35.4 Å². The molecule has 0 aliphatic heterocycles. The number of nitrogens with one attached hydrogen (secondary N) is 1. The first kappa shape index (κ1) is 24.7. The van der Waals surface area contributed by atoms with Gasteiger partial charge in [0.2, 0.25) is 5.95 Å². The third kappa shape index (κ3) is 5.47. The maximum absolute atomic E-state index is 12.5. The van der Waals surface area contributed by atoms with Gasteiger partial charge >= 0.3 is 6.36 Å². The van der Waals surface area contributed by atoms with Gasteiger partial charge < -0.3 is 25.1 Å². The third-order valence-corrected chi connectivity index (χ3v) is 6.35. The highest BCUT2D eigenvalue weighted by atomic mass is 19.4. The predicted octanol–water partition coefficient (Wildman–Crippen LogP) is 6.17. The molecule has 1 heterocycles. The lowest BCUT2D eigenvalue weighted by Gasteiger charge is -2.40. The molecule has 35 heavy (non-hydrogen) atoms. The second-order valence-electron chi connectivity index (χ2n) is 9.98. The lowest BCUT2D eigenvalue weighted by atomic mass is 9.70.